The van der Waals surface area contributed by atoms with E-state index in [9.17, 15) is 14.5 Å². The van der Waals surface area contributed by atoms with E-state index < -0.39 is 0 Å². The topological polar surface area (TPSA) is 78.8 Å². The van der Waals surface area contributed by atoms with Gasteiger partial charge in [-0.1, -0.05) is 49.6 Å². The van der Waals surface area contributed by atoms with Gasteiger partial charge in [-0.05, 0) is 41.8 Å². The summed E-state index contributed by atoms with van der Waals surface area (Å²) in [5.41, 5.74) is 3.33. The Morgan fingerprint density at radius 2 is 1.79 bits per heavy atom. The molecule has 1 heterocycles. The Bertz CT molecular complexity index is 992. The van der Waals surface area contributed by atoms with Gasteiger partial charge in [-0.2, -0.15) is 0 Å². The Morgan fingerprint density at radius 1 is 1.07 bits per heavy atom. The van der Waals surface area contributed by atoms with E-state index in [1.54, 1.807) is 12.1 Å². The van der Waals surface area contributed by atoms with Gasteiger partial charge < -0.3 is 5.32 Å². The molecule has 1 aliphatic carbocycles. The van der Waals surface area contributed by atoms with E-state index >= 15 is 0 Å². The van der Waals surface area contributed by atoms with Gasteiger partial charge in [-0.3, -0.25) is 9.59 Å². The van der Waals surface area contributed by atoms with Crippen LogP contribution in [0.1, 0.15) is 50.2 Å². The maximum Gasteiger partial charge on any atom is 0.267 e. The lowest BCUT2D eigenvalue weighted by Crippen LogP contribution is -2.34. The Kier molecular flexibility index (Phi) is 5.25. The van der Waals surface area contributed by atoms with Crippen molar-refractivity contribution < 1.29 is 9.59 Å². The Hall–Kier alpha value is -3.28. The van der Waals surface area contributed by atoms with E-state index in [-0.39, 0.29) is 23.5 Å². The van der Waals surface area contributed by atoms with Crippen molar-refractivity contribution in [1.82, 2.24) is 5.32 Å². The maximum atomic E-state index is 13.4. The van der Waals surface area contributed by atoms with Crippen molar-refractivity contribution in [3.63, 3.8) is 0 Å². The highest BCUT2D eigenvalue weighted by Gasteiger charge is 2.38. The molecule has 2 aromatic carbocycles. The molecule has 0 bridgehead atoms. The van der Waals surface area contributed by atoms with Crippen molar-refractivity contribution in [3.05, 3.63) is 64.6 Å². The number of carbonyl (C=O) groups excluding carboxylic acids is 2. The van der Waals surface area contributed by atoms with Gasteiger partial charge in [0.05, 0.1) is 17.0 Å². The predicted molar refractivity (Wildman–Crippen MR) is 113 cm³/mol. The van der Waals surface area contributed by atoms with Crippen LogP contribution in [-0.2, 0) is 9.59 Å². The predicted octanol–water partition coefficient (Wildman–Crippen LogP) is 4.77. The summed E-state index contributed by atoms with van der Waals surface area (Å²) in [6, 6.07) is 14.8. The SMILES string of the molecule is CC(=O)N1C(=O)/C(=C(\NC2CCCCC2)c2ccccc2)c2ccc(N=O)cc21. The van der Waals surface area contributed by atoms with Crippen LogP contribution in [-0.4, -0.2) is 17.9 Å². The zero-order chi connectivity index (χ0) is 20.4. The van der Waals surface area contributed by atoms with Crippen LogP contribution in [0.15, 0.2) is 53.7 Å². The summed E-state index contributed by atoms with van der Waals surface area (Å²) >= 11 is 0. The molecule has 6 nitrogen and oxygen atoms in total. The number of anilines is 1. The normalized spacial score (nSPS) is 18.4. The molecule has 0 aromatic heterocycles. The summed E-state index contributed by atoms with van der Waals surface area (Å²) in [7, 11) is 0. The first-order chi connectivity index (χ1) is 14.1. The van der Waals surface area contributed by atoms with Crippen molar-refractivity contribution in [1.29, 1.82) is 0 Å². The number of nitrogens with zero attached hydrogens (tertiary/aromatic N) is 2. The van der Waals surface area contributed by atoms with E-state index in [4.69, 9.17) is 0 Å². The standard InChI is InChI=1S/C23H23N3O3/c1-15(27)26-20-14-18(25-29)12-13-19(20)21(23(26)28)22(16-8-4-2-5-9-16)24-17-10-6-3-7-11-17/h2,4-5,8-9,12-14,17,24H,3,6-7,10-11H2,1H3/b22-21-. The third kappa shape index (κ3) is 3.58. The number of fused-ring (bicyclic) bond motifs is 1. The number of hydrogen-bond donors (Lipinski definition) is 1. The van der Waals surface area contributed by atoms with Crippen LogP contribution in [0.3, 0.4) is 0 Å². The third-order valence-electron chi connectivity index (χ3n) is 5.59. The highest BCUT2D eigenvalue weighted by atomic mass is 16.3. The lowest BCUT2D eigenvalue weighted by Gasteiger charge is -2.26. The number of carbonyl (C=O) groups is 2. The van der Waals surface area contributed by atoms with Crippen molar-refractivity contribution in [2.75, 3.05) is 4.90 Å². The van der Waals surface area contributed by atoms with Gasteiger partial charge in [0.25, 0.3) is 5.91 Å². The second-order valence-corrected chi connectivity index (χ2v) is 7.55. The lowest BCUT2D eigenvalue weighted by atomic mass is 9.93. The molecule has 1 N–H and O–H groups in total. The van der Waals surface area contributed by atoms with Gasteiger partial charge in [0, 0.05) is 18.5 Å². The molecule has 1 saturated carbocycles. The van der Waals surface area contributed by atoms with Gasteiger partial charge >= 0.3 is 0 Å². The van der Waals surface area contributed by atoms with E-state index in [0.29, 0.717) is 16.8 Å². The van der Waals surface area contributed by atoms with Crippen LogP contribution in [0.25, 0.3) is 11.3 Å². The molecular weight excluding hydrogens is 366 g/mol. The first-order valence-electron chi connectivity index (χ1n) is 9.99. The first-order valence-corrected chi connectivity index (χ1v) is 9.99. The molecular formula is C23H23N3O3. The monoisotopic (exact) mass is 389 g/mol. The Balaban J connectivity index is 1.90. The van der Waals surface area contributed by atoms with Crippen LogP contribution >= 0.6 is 0 Å². The molecule has 2 amide bonds. The van der Waals surface area contributed by atoms with Gasteiger partial charge in [-0.25, -0.2) is 4.90 Å². The van der Waals surface area contributed by atoms with Crippen LogP contribution < -0.4 is 10.2 Å². The molecule has 0 atom stereocenters. The van der Waals surface area contributed by atoms with E-state index in [2.05, 4.69) is 10.5 Å². The third-order valence-corrected chi connectivity index (χ3v) is 5.59. The first kappa shape index (κ1) is 19.1. The number of benzene rings is 2. The zero-order valence-corrected chi connectivity index (χ0v) is 16.4. The average Bonchev–Trinajstić information content (AvgIpc) is 3.04. The quantitative estimate of drug-likeness (QED) is 0.603. The largest absolute Gasteiger partial charge is 0.381 e. The number of hydrogen-bond acceptors (Lipinski definition) is 5. The van der Waals surface area contributed by atoms with Crippen LogP contribution in [0.5, 0.6) is 0 Å². The Labute approximate surface area is 169 Å². The molecule has 29 heavy (non-hydrogen) atoms. The summed E-state index contributed by atoms with van der Waals surface area (Å²) in [5, 5.41) is 6.57. The molecule has 4 rings (SSSR count). The number of nitroso groups, excluding NO2 is 1. The molecule has 2 aromatic rings. The Morgan fingerprint density at radius 3 is 2.45 bits per heavy atom. The van der Waals surface area contributed by atoms with Crippen molar-refractivity contribution in [2.45, 2.75) is 45.1 Å². The van der Waals surface area contributed by atoms with Crippen LogP contribution in [0.4, 0.5) is 11.4 Å². The molecule has 148 valence electrons. The summed E-state index contributed by atoms with van der Waals surface area (Å²) < 4.78 is 0. The fraction of sp³-hybridized carbons (Fsp3) is 0.304. The molecule has 2 aliphatic rings. The zero-order valence-electron chi connectivity index (χ0n) is 16.4. The summed E-state index contributed by atoms with van der Waals surface area (Å²) in [5.74, 6) is -0.767. The molecule has 0 spiro atoms. The molecule has 0 saturated heterocycles. The highest BCUT2D eigenvalue weighted by molar-refractivity contribution is 6.43. The van der Waals surface area contributed by atoms with Crippen molar-refractivity contribution in [2.24, 2.45) is 5.18 Å². The van der Waals surface area contributed by atoms with Crippen LogP contribution in [0, 0.1) is 4.91 Å². The minimum absolute atomic E-state index is 0.186. The smallest absolute Gasteiger partial charge is 0.267 e. The summed E-state index contributed by atoms with van der Waals surface area (Å²) in [6.07, 6.45) is 5.65. The van der Waals surface area contributed by atoms with Gasteiger partial charge in [0.1, 0.15) is 5.69 Å². The minimum atomic E-state index is -0.389. The minimum Gasteiger partial charge on any atom is -0.381 e. The fourth-order valence-corrected chi connectivity index (χ4v) is 4.22. The number of nitrogens with one attached hydrogen (secondary N) is 1. The summed E-state index contributed by atoms with van der Waals surface area (Å²) in [4.78, 5) is 37.8. The second kappa shape index (κ2) is 7.99. The molecule has 6 heteroatoms. The molecule has 0 radical (unpaired) electrons. The van der Waals surface area contributed by atoms with Crippen molar-refractivity contribution in [3.8, 4) is 0 Å². The molecule has 1 fully saturated rings. The highest BCUT2D eigenvalue weighted by Crippen LogP contribution is 2.42. The van der Waals surface area contributed by atoms with E-state index in [1.807, 2.05) is 30.3 Å². The van der Waals surface area contributed by atoms with E-state index in [1.165, 1.54) is 19.4 Å². The van der Waals surface area contributed by atoms with E-state index in [0.717, 1.165) is 41.8 Å². The molecule has 0 unspecified atom stereocenters. The van der Waals surface area contributed by atoms with Gasteiger partial charge in [0.15, 0.2) is 0 Å². The number of amides is 2. The second-order valence-electron chi connectivity index (χ2n) is 7.55. The average molecular weight is 389 g/mol. The summed E-state index contributed by atoms with van der Waals surface area (Å²) in [6.45, 7) is 1.35. The van der Waals surface area contributed by atoms with Gasteiger partial charge in [0.2, 0.25) is 5.91 Å². The lowest BCUT2D eigenvalue weighted by molar-refractivity contribution is -0.122. The number of rotatable bonds is 4. The van der Waals surface area contributed by atoms with Crippen molar-refractivity contribution >= 4 is 34.5 Å². The number of imide groups is 1. The fourth-order valence-electron chi connectivity index (χ4n) is 4.22. The van der Waals surface area contributed by atoms with Gasteiger partial charge in [-0.15, -0.1) is 4.91 Å². The van der Waals surface area contributed by atoms with Crippen LogP contribution in [0.2, 0.25) is 0 Å². The maximum absolute atomic E-state index is 13.4. The molecule has 1 aliphatic heterocycles.